The van der Waals surface area contributed by atoms with Crippen molar-refractivity contribution < 1.29 is 14.3 Å². The summed E-state index contributed by atoms with van der Waals surface area (Å²) in [5.74, 6) is 2.02. The fraction of sp³-hybridized carbons (Fsp3) is 0.227. The molecule has 3 N–H and O–H groups in total. The second kappa shape index (κ2) is 11.4. The molecule has 0 spiro atoms. The largest absolute Gasteiger partial charge is 0.497 e. The number of hydrogen-bond acceptors (Lipinski definition) is 7. The lowest BCUT2D eigenvalue weighted by molar-refractivity contribution is -0.123. The lowest BCUT2D eigenvalue weighted by Crippen LogP contribution is -2.33. The van der Waals surface area contributed by atoms with Gasteiger partial charge in [0.05, 0.1) is 12.1 Å². The van der Waals surface area contributed by atoms with Gasteiger partial charge in [0.25, 0.3) is 5.91 Å². The molecule has 32 heavy (non-hydrogen) atoms. The molecule has 1 amide bonds. The van der Waals surface area contributed by atoms with Crippen LogP contribution in [0.15, 0.2) is 48.5 Å². The van der Waals surface area contributed by atoms with E-state index in [0.29, 0.717) is 40.7 Å². The third-order valence-corrected chi connectivity index (χ3v) is 4.73. The zero-order chi connectivity index (χ0) is 22.9. The van der Waals surface area contributed by atoms with Gasteiger partial charge >= 0.3 is 0 Å². The zero-order valence-corrected chi connectivity index (χ0v) is 19.1. The first-order valence-electron chi connectivity index (χ1n) is 9.78. The Hall–Kier alpha value is -3.23. The molecule has 0 aliphatic rings. The van der Waals surface area contributed by atoms with Gasteiger partial charge in [0, 0.05) is 35.6 Å². The van der Waals surface area contributed by atoms with Crippen LogP contribution < -0.4 is 25.4 Å². The fourth-order valence-corrected chi connectivity index (χ4v) is 3.16. The molecule has 3 rings (SSSR count). The van der Waals surface area contributed by atoms with Crippen LogP contribution in [0.25, 0.3) is 0 Å². The van der Waals surface area contributed by atoms with Crippen LogP contribution in [-0.4, -0.2) is 42.7 Å². The van der Waals surface area contributed by atoms with Crippen LogP contribution in [0.5, 0.6) is 11.5 Å². The van der Waals surface area contributed by atoms with Crippen LogP contribution in [0.1, 0.15) is 5.69 Å². The van der Waals surface area contributed by atoms with Crippen molar-refractivity contribution in [1.29, 1.82) is 0 Å². The van der Waals surface area contributed by atoms with E-state index in [1.807, 2.05) is 37.3 Å². The number of aryl methyl sites for hydroxylation is 1. The van der Waals surface area contributed by atoms with Gasteiger partial charge in [0.1, 0.15) is 17.3 Å². The fourth-order valence-electron chi connectivity index (χ4n) is 2.70. The van der Waals surface area contributed by atoms with E-state index in [1.165, 1.54) is 0 Å². The Morgan fingerprint density at radius 1 is 1.03 bits per heavy atom. The number of rotatable bonds is 10. The summed E-state index contributed by atoms with van der Waals surface area (Å²) in [5, 5.41) is 9.94. The van der Waals surface area contributed by atoms with E-state index in [2.05, 4.69) is 25.9 Å². The Balaban J connectivity index is 1.44. The van der Waals surface area contributed by atoms with E-state index in [-0.39, 0.29) is 12.5 Å². The second-order valence-corrected chi connectivity index (χ2v) is 7.56. The Morgan fingerprint density at radius 3 is 2.53 bits per heavy atom. The molecule has 0 atom stereocenters. The van der Waals surface area contributed by atoms with Crippen molar-refractivity contribution in [3.05, 3.63) is 64.3 Å². The highest BCUT2D eigenvalue weighted by Crippen LogP contribution is 2.27. The maximum absolute atomic E-state index is 12.0. The zero-order valence-electron chi connectivity index (χ0n) is 17.6. The van der Waals surface area contributed by atoms with Gasteiger partial charge in [-0.25, -0.2) is 4.98 Å². The number of aromatic nitrogens is 2. The maximum Gasteiger partial charge on any atom is 0.258 e. The lowest BCUT2D eigenvalue weighted by Gasteiger charge is -2.11. The SMILES string of the molecule is COc1ccc(Nc2cc(C)nc(NCCNC(=O)COc3ccc(Cl)cc3Cl)n2)cc1. The van der Waals surface area contributed by atoms with E-state index in [4.69, 9.17) is 32.7 Å². The van der Waals surface area contributed by atoms with Gasteiger partial charge in [0.15, 0.2) is 6.61 Å². The van der Waals surface area contributed by atoms with Crippen LogP contribution in [-0.2, 0) is 4.79 Å². The number of anilines is 3. The number of carbonyl (C=O) groups excluding carboxylic acids is 1. The molecule has 0 unspecified atom stereocenters. The molecule has 0 radical (unpaired) electrons. The molecular formula is C22H23Cl2N5O3. The van der Waals surface area contributed by atoms with Crippen LogP contribution in [0.2, 0.25) is 10.0 Å². The number of ether oxygens (including phenoxy) is 2. The molecule has 1 aromatic heterocycles. The first-order valence-corrected chi connectivity index (χ1v) is 10.5. The van der Waals surface area contributed by atoms with Gasteiger partial charge in [-0.2, -0.15) is 4.98 Å². The Labute approximate surface area is 196 Å². The highest BCUT2D eigenvalue weighted by atomic mass is 35.5. The number of amides is 1. The van der Waals surface area contributed by atoms with Crippen molar-refractivity contribution in [3.63, 3.8) is 0 Å². The third kappa shape index (κ3) is 7.18. The van der Waals surface area contributed by atoms with Crippen LogP contribution in [0.4, 0.5) is 17.5 Å². The first-order chi connectivity index (χ1) is 15.4. The summed E-state index contributed by atoms with van der Waals surface area (Å²) < 4.78 is 10.6. The molecule has 0 fully saturated rings. The quantitative estimate of drug-likeness (QED) is 0.372. The molecule has 1 heterocycles. The van der Waals surface area contributed by atoms with Gasteiger partial charge in [-0.3, -0.25) is 4.79 Å². The standard InChI is InChI=1S/C22H23Cl2N5O3/c1-14-11-20(28-16-4-6-17(31-2)7-5-16)29-22(27-14)26-10-9-25-21(30)13-32-19-8-3-15(23)12-18(19)24/h3-8,11-12H,9-10,13H2,1-2H3,(H,25,30)(H2,26,27,28,29). The molecule has 8 nitrogen and oxygen atoms in total. The molecule has 168 valence electrons. The number of nitrogens with zero attached hydrogens (tertiary/aromatic N) is 2. The number of halogens is 2. The number of methoxy groups -OCH3 is 1. The Kier molecular flexibility index (Phi) is 8.35. The molecular weight excluding hydrogens is 453 g/mol. The van der Waals surface area contributed by atoms with E-state index in [0.717, 1.165) is 17.1 Å². The lowest BCUT2D eigenvalue weighted by atomic mass is 10.3. The minimum absolute atomic E-state index is 0.155. The van der Waals surface area contributed by atoms with Crippen molar-refractivity contribution in [2.24, 2.45) is 0 Å². The van der Waals surface area contributed by atoms with Gasteiger partial charge in [-0.15, -0.1) is 0 Å². The average Bonchev–Trinajstić information content (AvgIpc) is 2.76. The molecule has 0 saturated heterocycles. The third-order valence-electron chi connectivity index (χ3n) is 4.20. The molecule has 10 heteroatoms. The first kappa shape index (κ1) is 23.4. The van der Waals surface area contributed by atoms with Crippen LogP contribution in [0.3, 0.4) is 0 Å². The normalized spacial score (nSPS) is 10.4. The van der Waals surface area contributed by atoms with Crippen molar-refractivity contribution >= 4 is 46.6 Å². The smallest absolute Gasteiger partial charge is 0.258 e. The molecule has 2 aromatic carbocycles. The Bertz CT molecular complexity index is 1060. The number of hydrogen-bond donors (Lipinski definition) is 3. The van der Waals surface area contributed by atoms with E-state index < -0.39 is 0 Å². The topological polar surface area (TPSA) is 97.4 Å². The summed E-state index contributed by atoms with van der Waals surface area (Å²) >= 11 is 11.9. The number of carbonyl (C=O) groups is 1. The van der Waals surface area contributed by atoms with Crippen LogP contribution in [0, 0.1) is 6.92 Å². The summed E-state index contributed by atoms with van der Waals surface area (Å²) in [5.41, 5.74) is 1.68. The van der Waals surface area contributed by atoms with E-state index in [9.17, 15) is 4.79 Å². The van der Waals surface area contributed by atoms with Gasteiger partial charge in [-0.1, -0.05) is 23.2 Å². The molecule has 0 aliphatic heterocycles. The van der Waals surface area contributed by atoms with E-state index >= 15 is 0 Å². The molecule has 3 aromatic rings. The van der Waals surface area contributed by atoms with Crippen molar-refractivity contribution in [2.45, 2.75) is 6.92 Å². The second-order valence-electron chi connectivity index (χ2n) is 6.71. The summed E-state index contributed by atoms with van der Waals surface area (Å²) in [6, 6.07) is 14.2. The van der Waals surface area contributed by atoms with Gasteiger partial charge in [-0.05, 0) is 49.4 Å². The minimum Gasteiger partial charge on any atom is -0.497 e. The highest BCUT2D eigenvalue weighted by Gasteiger charge is 2.07. The summed E-state index contributed by atoms with van der Waals surface area (Å²) in [4.78, 5) is 20.8. The minimum atomic E-state index is -0.273. The molecule has 0 bridgehead atoms. The van der Waals surface area contributed by atoms with Gasteiger partial charge in [0.2, 0.25) is 5.95 Å². The Morgan fingerprint density at radius 2 is 1.81 bits per heavy atom. The van der Waals surface area contributed by atoms with Crippen molar-refractivity contribution in [2.75, 3.05) is 37.4 Å². The summed E-state index contributed by atoms with van der Waals surface area (Å²) in [6.07, 6.45) is 0. The summed E-state index contributed by atoms with van der Waals surface area (Å²) in [7, 11) is 1.62. The van der Waals surface area contributed by atoms with E-state index in [1.54, 1.807) is 25.3 Å². The highest BCUT2D eigenvalue weighted by molar-refractivity contribution is 6.35. The van der Waals surface area contributed by atoms with Crippen molar-refractivity contribution in [3.8, 4) is 11.5 Å². The predicted molar refractivity (Wildman–Crippen MR) is 127 cm³/mol. The maximum atomic E-state index is 12.0. The monoisotopic (exact) mass is 475 g/mol. The predicted octanol–water partition coefficient (Wildman–Crippen LogP) is 4.45. The number of nitrogens with one attached hydrogen (secondary N) is 3. The molecule has 0 aliphatic carbocycles. The number of benzene rings is 2. The van der Waals surface area contributed by atoms with Gasteiger partial charge < -0.3 is 25.4 Å². The van der Waals surface area contributed by atoms with Crippen LogP contribution >= 0.6 is 23.2 Å². The summed E-state index contributed by atoms with van der Waals surface area (Å²) in [6.45, 7) is 2.54. The average molecular weight is 476 g/mol. The van der Waals surface area contributed by atoms with Crippen molar-refractivity contribution in [1.82, 2.24) is 15.3 Å². The molecule has 0 saturated carbocycles.